The van der Waals surface area contributed by atoms with Crippen LogP contribution in [0.15, 0.2) is 37.2 Å². The minimum atomic E-state index is -0.837. The van der Waals surface area contributed by atoms with Crippen molar-refractivity contribution < 1.29 is 5.11 Å². The summed E-state index contributed by atoms with van der Waals surface area (Å²) in [7, 11) is 0. The Bertz CT molecular complexity index is 254. The van der Waals surface area contributed by atoms with Crippen molar-refractivity contribution in [2.75, 3.05) is 0 Å². The highest BCUT2D eigenvalue weighted by molar-refractivity contribution is 5.17. The molecule has 0 amide bonds. The van der Waals surface area contributed by atoms with E-state index in [1.807, 2.05) is 12.1 Å². The van der Waals surface area contributed by atoms with Gasteiger partial charge in [-0.15, -0.1) is 6.58 Å². The van der Waals surface area contributed by atoms with Gasteiger partial charge in [0.15, 0.2) is 0 Å². The highest BCUT2D eigenvalue weighted by atomic mass is 16.3. The SMILES string of the molecule is C=CCC(C)(O)c1cccnc1. The van der Waals surface area contributed by atoms with Crippen LogP contribution >= 0.6 is 0 Å². The van der Waals surface area contributed by atoms with Gasteiger partial charge in [-0.3, -0.25) is 4.98 Å². The van der Waals surface area contributed by atoms with Crippen LogP contribution in [0.1, 0.15) is 18.9 Å². The Morgan fingerprint density at radius 3 is 3.00 bits per heavy atom. The second kappa shape index (κ2) is 3.50. The van der Waals surface area contributed by atoms with Crippen LogP contribution < -0.4 is 0 Å². The fourth-order valence-electron chi connectivity index (χ4n) is 1.08. The van der Waals surface area contributed by atoms with Gasteiger partial charge in [-0.05, 0) is 19.4 Å². The standard InChI is InChI=1S/C10H13NO/c1-3-6-10(2,12)9-5-4-7-11-8-9/h3-5,7-8,12H,1,6H2,2H3. The molecule has 0 aliphatic rings. The van der Waals surface area contributed by atoms with Crippen molar-refractivity contribution in [2.24, 2.45) is 0 Å². The lowest BCUT2D eigenvalue weighted by Gasteiger charge is -2.21. The number of hydrogen-bond acceptors (Lipinski definition) is 2. The van der Waals surface area contributed by atoms with Crippen LogP contribution in [0.2, 0.25) is 0 Å². The van der Waals surface area contributed by atoms with Crippen LogP contribution in [0.5, 0.6) is 0 Å². The number of hydrogen-bond donors (Lipinski definition) is 1. The van der Waals surface area contributed by atoms with Gasteiger partial charge in [0, 0.05) is 18.0 Å². The van der Waals surface area contributed by atoms with Crippen molar-refractivity contribution in [2.45, 2.75) is 18.9 Å². The normalized spacial score (nSPS) is 15.2. The van der Waals surface area contributed by atoms with E-state index in [1.165, 1.54) is 0 Å². The second-order valence-electron chi connectivity index (χ2n) is 3.01. The molecule has 12 heavy (non-hydrogen) atoms. The molecule has 1 aromatic rings. The summed E-state index contributed by atoms with van der Waals surface area (Å²) in [5.74, 6) is 0. The molecule has 1 atom stereocenters. The molecule has 1 unspecified atom stereocenters. The third-order valence-electron chi connectivity index (χ3n) is 1.83. The maximum Gasteiger partial charge on any atom is 0.0917 e. The van der Waals surface area contributed by atoms with Crippen molar-refractivity contribution in [3.63, 3.8) is 0 Å². The minimum Gasteiger partial charge on any atom is -0.385 e. The van der Waals surface area contributed by atoms with Crippen molar-refractivity contribution >= 4 is 0 Å². The van der Waals surface area contributed by atoms with E-state index in [0.29, 0.717) is 6.42 Å². The van der Waals surface area contributed by atoms with Gasteiger partial charge in [-0.2, -0.15) is 0 Å². The van der Waals surface area contributed by atoms with E-state index in [-0.39, 0.29) is 0 Å². The molecule has 0 radical (unpaired) electrons. The summed E-state index contributed by atoms with van der Waals surface area (Å²) in [4.78, 5) is 3.94. The molecule has 0 aromatic carbocycles. The number of aliphatic hydroxyl groups is 1. The summed E-state index contributed by atoms with van der Waals surface area (Å²) in [6, 6.07) is 3.67. The molecule has 0 fully saturated rings. The Hall–Kier alpha value is -1.15. The first kappa shape index (κ1) is 8.94. The summed E-state index contributed by atoms with van der Waals surface area (Å²) in [6.07, 6.45) is 5.60. The zero-order valence-corrected chi connectivity index (χ0v) is 7.20. The first-order valence-electron chi connectivity index (χ1n) is 3.90. The molecule has 1 aromatic heterocycles. The van der Waals surface area contributed by atoms with E-state index in [9.17, 15) is 5.11 Å². The topological polar surface area (TPSA) is 33.1 Å². The molecule has 0 aliphatic carbocycles. The molecule has 1 N–H and O–H groups in total. The van der Waals surface area contributed by atoms with E-state index in [1.54, 1.807) is 25.4 Å². The molecule has 64 valence electrons. The number of rotatable bonds is 3. The molecule has 0 bridgehead atoms. The summed E-state index contributed by atoms with van der Waals surface area (Å²) in [6.45, 7) is 5.35. The maximum atomic E-state index is 9.87. The molecule has 1 heterocycles. The summed E-state index contributed by atoms with van der Waals surface area (Å²) >= 11 is 0. The highest BCUT2D eigenvalue weighted by Crippen LogP contribution is 2.23. The van der Waals surface area contributed by atoms with Gasteiger partial charge in [0.1, 0.15) is 0 Å². The molecular formula is C10H13NO. The Morgan fingerprint density at radius 2 is 2.50 bits per heavy atom. The van der Waals surface area contributed by atoms with Crippen LogP contribution in [0.25, 0.3) is 0 Å². The largest absolute Gasteiger partial charge is 0.385 e. The van der Waals surface area contributed by atoms with Gasteiger partial charge in [-0.25, -0.2) is 0 Å². The summed E-state index contributed by atoms with van der Waals surface area (Å²) in [5, 5.41) is 9.87. The average molecular weight is 163 g/mol. The Labute approximate surface area is 72.6 Å². The fraction of sp³-hybridized carbons (Fsp3) is 0.300. The predicted octanol–water partition coefficient (Wildman–Crippen LogP) is 1.87. The summed E-state index contributed by atoms with van der Waals surface area (Å²) in [5.41, 5.74) is -0.0133. The summed E-state index contributed by atoms with van der Waals surface area (Å²) < 4.78 is 0. The molecule has 0 saturated heterocycles. The monoisotopic (exact) mass is 163 g/mol. The van der Waals surface area contributed by atoms with Gasteiger partial charge in [0.05, 0.1) is 5.60 Å². The maximum absolute atomic E-state index is 9.87. The Morgan fingerprint density at radius 1 is 1.75 bits per heavy atom. The number of aromatic nitrogens is 1. The molecule has 0 aliphatic heterocycles. The van der Waals surface area contributed by atoms with Crippen LogP contribution in [0, 0.1) is 0 Å². The van der Waals surface area contributed by atoms with Crippen LogP contribution in [-0.2, 0) is 5.60 Å². The van der Waals surface area contributed by atoms with Crippen molar-refractivity contribution in [3.8, 4) is 0 Å². The van der Waals surface area contributed by atoms with Gasteiger partial charge in [0.2, 0.25) is 0 Å². The van der Waals surface area contributed by atoms with E-state index < -0.39 is 5.60 Å². The molecule has 0 spiro atoms. The van der Waals surface area contributed by atoms with Crippen LogP contribution in [-0.4, -0.2) is 10.1 Å². The van der Waals surface area contributed by atoms with Crippen molar-refractivity contribution in [1.29, 1.82) is 0 Å². The van der Waals surface area contributed by atoms with E-state index in [0.717, 1.165) is 5.56 Å². The van der Waals surface area contributed by atoms with Crippen molar-refractivity contribution in [3.05, 3.63) is 42.7 Å². The third-order valence-corrected chi connectivity index (χ3v) is 1.83. The van der Waals surface area contributed by atoms with Crippen LogP contribution in [0.4, 0.5) is 0 Å². The number of nitrogens with zero attached hydrogens (tertiary/aromatic N) is 1. The Kier molecular flexibility index (Phi) is 2.61. The zero-order chi connectivity index (χ0) is 9.03. The molecule has 2 nitrogen and oxygen atoms in total. The van der Waals surface area contributed by atoms with Gasteiger partial charge in [-0.1, -0.05) is 12.1 Å². The lowest BCUT2D eigenvalue weighted by Crippen LogP contribution is -2.19. The Balaban J connectivity index is 2.89. The van der Waals surface area contributed by atoms with Crippen molar-refractivity contribution in [1.82, 2.24) is 4.98 Å². The molecule has 1 rings (SSSR count). The van der Waals surface area contributed by atoms with Crippen LogP contribution in [0.3, 0.4) is 0 Å². The first-order valence-corrected chi connectivity index (χ1v) is 3.90. The minimum absolute atomic E-state index is 0.540. The quantitative estimate of drug-likeness (QED) is 0.690. The lowest BCUT2D eigenvalue weighted by atomic mass is 9.94. The fourth-order valence-corrected chi connectivity index (χ4v) is 1.08. The number of pyridine rings is 1. The molecule has 2 heteroatoms. The zero-order valence-electron chi connectivity index (χ0n) is 7.20. The average Bonchev–Trinajstić information content (AvgIpc) is 2.06. The second-order valence-corrected chi connectivity index (χ2v) is 3.01. The predicted molar refractivity (Wildman–Crippen MR) is 48.6 cm³/mol. The van der Waals surface area contributed by atoms with E-state index in [4.69, 9.17) is 0 Å². The van der Waals surface area contributed by atoms with Gasteiger partial charge < -0.3 is 5.11 Å². The third kappa shape index (κ3) is 1.92. The smallest absolute Gasteiger partial charge is 0.0917 e. The highest BCUT2D eigenvalue weighted by Gasteiger charge is 2.20. The van der Waals surface area contributed by atoms with E-state index in [2.05, 4.69) is 11.6 Å². The molecular weight excluding hydrogens is 150 g/mol. The van der Waals surface area contributed by atoms with Gasteiger partial charge >= 0.3 is 0 Å². The van der Waals surface area contributed by atoms with Gasteiger partial charge in [0.25, 0.3) is 0 Å². The lowest BCUT2D eigenvalue weighted by molar-refractivity contribution is 0.0603. The van der Waals surface area contributed by atoms with E-state index >= 15 is 0 Å². The molecule has 0 saturated carbocycles. The first-order chi connectivity index (χ1) is 5.67.